The molecule has 0 aliphatic heterocycles. The summed E-state index contributed by atoms with van der Waals surface area (Å²) in [4.78, 5) is 10.9. The van der Waals surface area contributed by atoms with E-state index >= 15 is 0 Å². The number of aliphatic carboxylic acids is 1. The van der Waals surface area contributed by atoms with E-state index in [4.69, 9.17) is 8.83 Å². The molecule has 2 aromatic rings. The van der Waals surface area contributed by atoms with Gasteiger partial charge in [-0.1, -0.05) is 6.92 Å². The Morgan fingerprint density at radius 1 is 1.56 bits per heavy atom. The number of carbonyl (C=O) groups excluding carboxylic acids is 1. The summed E-state index contributed by atoms with van der Waals surface area (Å²) < 4.78 is 10.2. The van der Waals surface area contributed by atoms with Crippen LogP contribution in [0.15, 0.2) is 37.4 Å². The van der Waals surface area contributed by atoms with Gasteiger partial charge in [-0.15, -0.1) is 10.2 Å². The van der Waals surface area contributed by atoms with E-state index in [9.17, 15) is 9.90 Å². The third-order valence-electron chi connectivity index (χ3n) is 1.97. The van der Waals surface area contributed by atoms with Gasteiger partial charge in [0.2, 0.25) is 5.89 Å². The number of rotatable bonds is 5. The number of carbonyl (C=O) groups is 1. The first-order valence-electron chi connectivity index (χ1n) is 5.16. The largest absolute Gasteiger partial charge is 0.544 e. The Balaban J connectivity index is 2.19. The van der Waals surface area contributed by atoms with Gasteiger partial charge in [-0.05, 0) is 30.0 Å². The van der Waals surface area contributed by atoms with Crippen molar-refractivity contribution in [2.24, 2.45) is 0 Å². The molecule has 0 N–H and O–H groups in total. The molecule has 0 radical (unpaired) electrons. The molecule has 2 aromatic heterocycles. The summed E-state index contributed by atoms with van der Waals surface area (Å²) in [5.41, 5.74) is 0. The molecule has 18 heavy (non-hydrogen) atoms. The fourth-order valence-electron chi connectivity index (χ4n) is 1.15. The highest BCUT2D eigenvalue weighted by molar-refractivity contribution is 8.03. The number of nitrogens with zero attached hydrogens (tertiary/aromatic N) is 2. The summed E-state index contributed by atoms with van der Waals surface area (Å²) in [7, 11) is 0. The average Bonchev–Trinajstić information content (AvgIpc) is 2.99. The molecule has 0 saturated carbocycles. The van der Waals surface area contributed by atoms with Crippen molar-refractivity contribution in [3.8, 4) is 0 Å². The average molecular weight is 265 g/mol. The highest BCUT2D eigenvalue weighted by atomic mass is 32.2. The fraction of sp³-hybridized carbons (Fsp3) is 0.182. The van der Waals surface area contributed by atoms with Crippen molar-refractivity contribution in [2.75, 3.05) is 0 Å². The fourth-order valence-corrected chi connectivity index (χ4v) is 1.82. The Hall–Kier alpha value is -2.02. The number of hydrogen-bond acceptors (Lipinski definition) is 7. The molecule has 2 heterocycles. The first-order valence-corrected chi connectivity index (χ1v) is 5.97. The number of hydrogen-bond donors (Lipinski definition) is 0. The van der Waals surface area contributed by atoms with Gasteiger partial charge >= 0.3 is 0 Å². The molecule has 6 nitrogen and oxygen atoms in total. The summed E-state index contributed by atoms with van der Waals surface area (Å²) in [5, 5.41) is 18.6. The predicted molar refractivity (Wildman–Crippen MR) is 61.2 cm³/mol. The second-order valence-corrected chi connectivity index (χ2v) is 4.22. The highest BCUT2D eigenvalue weighted by Crippen LogP contribution is 2.26. The van der Waals surface area contributed by atoms with E-state index in [1.54, 1.807) is 12.1 Å². The Morgan fingerprint density at radius 3 is 2.94 bits per heavy atom. The zero-order valence-corrected chi connectivity index (χ0v) is 10.3. The molecule has 2 rings (SSSR count). The van der Waals surface area contributed by atoms with Crippen LogP contribution in [0, 0.1) is 0 Å². The number of carboxylic acid groups (broad SMARTS) is 1. The van der Waals surface area contributed by atoms with Crippen molar-refractivity contribution in [1.82, 2.24) is 10.2 Å². The van der Waals surface area contributed by atoms with E-state index in [1.807, 2.05) is 6.92 Å². The van der Waals surface area contributed by atoms with Crippen LogP contribution in [-0.2, 0) is 11.2 Å². The molecule has 7 heteroatoms. The van der Waals surface area contributed by atoms with E-state index in [-0.39, 0.29) is 10.1 Å². The van der Waals surface area contributed by atoms with E-state index < -0.39 is 5.97 Å². The zero-order valence-electron chi connectivity index (χ0n) is 9.45. The van der Waals surface area contributed by atoms with E-state index in [2.05, 4.69) is 10.2 Å². The second-order valence-electron chi connectivity index (χ2n) is 3.23. The molecule has 0 atom stereocenters. The van der Waals surface area contributed by atoms with Gasteiger partial charge in [0, 0.05) is 11.3 Å². The number of thioether (sulfide) groups is 1. The van der Waals surface area contributed by atoms with Crippen molar-refractivity contribution in [3.63, 3.8) is 0 Å². The molecular weight excluding hydrogens is 256 g/mol. The van der Waals surface area contributed by atoms with E-state index in [0.29, 0.717) is 18.1 Å². The quantitative estimate of drug-likeness (QED) is 0.590. The molecule has 0 amide bonds. The third kappa shape index (κ3) is 3.01. The van der Waals surface area contributed by atoms with E-state index in [0.717, 1.165) is 11.8 Å². The molecule has 94 valence electrons. The van der Waals surface area contributed by atoms with Crippen LogP contribution in [0.5, 0.6) is 0 Å². The van der Waals surface area contributed by atoms with Gasteiger partial charge in [-0.2, -0.15) is 0 Å². The standard InChI is InChI=1S/C11H10N2O4S/c1-2-9-12-13-11(17-9)18-8(10(14)15)6-7-4-3-5-16-7/h3-6H,2H2,1H3,(H,14,15)/p-1/b8-6+. The Morgan fingerprint density at radius 2 is 2.39 bits per heavy atom. The molecule has 0 saturated heterocycles. The van der Waals surface area contributed by atoms with Crippen LogP contribution in [0.2, 0.25) is 0 Å². The maximum absolute atomic E-state index is 11.0. The van der Waals surface area contributed by atoms with Crippen molar-refractivity contribution >= 4 is 23.8 Å². The summed E-state index contributed by atoms with van der Waals surface area (Å²) in [6.07, 6.45) is 3.39. The molecule has 0 spiro atoms. The first kappa shape index (κ1) is 12.4. The number of aromatic nitrogens is 2. The lowest BCUT2D eigenvalue weighted by Crippen LogP contribution is -2.22. The normalized spacial score (nSPS) is 11.7. The molecule has 0 aromatic carbocycles. The summed E-state index contributed by atoms with van der Waals surface area (Å²) in [6.45, 7) is 1.86. The van der Waals surface area contributed by atoms with Crippen molar-refractivity contribution in [1.29, 1.82) is 0 Å². The molecule has 0 aliphatic rings. The number of carboxylic acids is 1. The van der Waals surface area contributed by atoms with Crippen LogP contribution in [0.1, 0.15) is 18.6 Å². The van der Waals surface area contributed by atoms with Gasteiger partial charge in [-0.3, -0.25) is 0 Å². The van der Waals surface area contributed by atoms with Crippen LogP contribution in [0.4, 0.5) is 0 Å². The summed E-state index contributed by atoms with van der Waals surface area (Å²) in [5.74, 6) is -0.460. The van der Waals surface area contributed by atoms with Gasteiger partial charge in [-0.25, -0.2) is 0 Å². The number of aryl methyl sites for hydroxylation is 1. The van der Waals surface area contributed by atoms with Crippen LogP contribution in [0.25, 0.3) is 6.08 Å². The number of furan rings is 1. The van der Waals surface area contributed by atoms with Crippen LogP contribution in [-0.4, -0.2) is 16.2 Å². The lowest BCUT2D eigenvalue weighted by atomic mass is 10.4. The summed E-state index contributed by atoms with van der Waals surface area (Å²) >= 11 is 0.830. The summed E-state index contributed by atoms with van der Waals surface area (Å²) in [6, 6.07) is 3.29. The highest BCUT2D eigenvalue weighted by Gasteiger charge is 2.10. The van der Waals surface area contributed by atoms with Gasteiger partial charge in [0.25, 0.3) is 5.22 Å². The monoisotopic (exact) mass is 265 g/mol. The maximum atomic E-state index is 11.0. The van der Waals surface area contributed by atoms with Crippen LogP contribution in [0.3, 0.4) is 0 Å². The van der Waals surface area contributed by atoms with Crippen LogP contribution < -0.4 is 5.11 Å². The van der Waals surface area contributed by atoms with Crippen molar-refractivity contribution in [2.45, 2.75) is 18.6 Å². The molecule has 0 unspecified atom stereocenters. The molecule has 0 aliphatic carbocycles. The van der Waals surface area contributed by atoms with E-state index in [1.165, 1.54) is 12.3 Å². The first-order chi connectivity index (χ1) is 8.69. The molecule has 0 fully saturated rings. The minimum atomic E-state index is -1.33. The second kappa shape index (κ2) is 5.54. The Labute approximate surface area is 107 Å². The zero-order chi connectivity index (χ0) is 13.0. The van der Waals surface area contributed by atoms with Gasteiger partial charge in [0.1, 0.15) is 5.76 Å². The maximum Gasteiger partial charge on any atom is 0.281 e. The predicted octanol–water partition coefficient (Wildman–Crippen LogP) is 1.11. The molecule has 0 bridgehead atoms. The van der Waals surface area contributed by atoms with Gasteiger partial charge in [0.05, 0.1) is 12.2 Å². The minimum Gasteiger partial charge on any atom is -0.544 e. The lowest BCUT2D eigenvalue weighted by molar-refractivity contribution is -0.298. The van der Waals surface area contributed by atoms with Crippen molar-refractivity contribution < 1.29 is 18.7 Å². The lowest BCUT2D eigenvalue weighted by Gasteiger charge is -2.03. The van der Waals surface area contributed by atoms with Crippen LogP contribution >= 0.6 is 11.8 Å². The third-order valence-corrected chi connectivity index (χ3v) is 2.81. The van der Waals surface area contributed by atoms with Crippen molar-refractivity contribution in [3.05, 3.63) is 35.0 Å². The molecular formula is C11H9N2O4S-. The smallest absolute Gasteiger partial charge is 0.281 e. The topological polar surface area (TPSA) is 92.2 Å². The Kier molecular flexibility index (Phi) is 3.83. The van der Waals surface area contributed by atoms with Gasteiger partial charge in [0.15, 0.2) is 0 Å². The van der Waals surface area contributed by atoms with Gasteiger partial charge < -0.3 is 18.7 Å². The minimum absolute atomic E-state index is 0.0590. The Bertz CT molecular complexity index is 559. The SMILES string of the molecule is CCc1nnc(S/C(=C/c2ccco2)C(=O)[O-])o1.